The Hall–Kier alpha value is -0.570. The molecule has 1 heterocycles. The Balaban J connectivity index is 1.54. The van der Waals surface area contributed by atoms with Gasteiger partial charge in [-0.3, -0.25) is 4.79 Å². The van der Waals surface area contributed by atoms with Crippen LogP contribution in [0, 0.1) is 5.92 Å². The number of carbonyl (C=O) groups excluding carboxylic acids is 1. The zero-order chi connectivity index (χ0) is 10.3. The topological polar surface area (TPSA) is 41.1 Å². The normalized spacial score (nSPS) is 33.5. The van der Waals surface area contributed by atoms with Gasteiger partial charge < -0.3 is 10.6 Å². The van der Waals surface area contributed by atoms with Crippen molar-refractivity contribution in [2.24, 2.45) is 5.92 Å². The van der Waals surface area contributed by atoms with Crippen LogP contribution in [0.1, 0.15) is 44.9 Å². The summed E-state index contributed by atoms with van der Waals surface area (Å²) >= 11 is 0. The molecule has 1 saturated heterocycles. The summed E-state index contributed by atoms with van der Waals surface area (Å²) < 4.78 is 0. The van der Waals surface area contributed by atoms with Gasteiger partial charge in [0.25, 0.3) is 0 Å². The summed E-state index contributed by atoms with van der Waals surface area (Å²) in [5, 5.41) is 6.85. The van der Waals surface area contributed by atoms with E-state index in [-0.39, 0.29) is 0 Å². The van der Waals surface area contributed by atoms with Gasteiger partial charge in [-0.2, -0.15) is 0 Å². The smallest absolute Gasteiger partial charge is 0.223 e. The lowest BCUT2D eigenvalue weighted by Crippen LogP contribution is -2.59. The number of amides is 1. The van der Waals surface area contributed by atoms with Gasteiger partial charge in [0, 0.05) is 17.5 Å². The second-order valence-corrected chi connectivity index (χ2v) is 5.53. The third-order valence-corrected chi connectivity index (χ3v) is 4.24. The van der Waals surface area contributed by atoms with Crippen molar-refractivity contribution in [3.05, 3.63) is 0 Å². The number of piperidine rings is 1. The lowest BCUT2D eigenvalue weighted by Gasteiger charge is -2.48. The summed E-state index contributed by atoms with van der Waals surface area (Å²) in [7, 11) is 0. The molecule has 3 nitrogen and oxygen atoms in total. The Labute approximate surface area is 91.0 Å². The van der Waals surface area contributed by atoms with Crippen LogP contribution < -0.4 is 10.6 Å². The van der Waals surface area contributed by atoms with Gasteiger partial charge in [-0.25, -0.2) is 0 Å². The third kappa shape index (κ3) is 1.89. The van der Waals surface area contributed by atoms with Crippen molar-refractivity contribution < 1.29 is 4.79 Å². The Kier molecular flexibility index (Phi) is 2.23. The first-order valence-electron chi connectivity index (χ1n) is 6.33. The maximum Gasteiger partial charge on any atom is 0.223 e. The van der Waals surface area contributed by atoms with Crippen LogP contribution in [-0.2, 0) is 4.79 Å². The standard InChI is InChI=1S/C12H20N2O/c15-11(9-2-3-9)14-10-4-7-13-12(8-10)5-1-6-12/h9-10,13H,1-8H2,(H,14,15). The van der Waals surface area contributed by atoms with E-state index in [1.807, 2.05) is 0 Å². The molecule has 84 valence electrons. The molecule has 3 rings (SSSR count). The van der Waals surface area contributed by atoms with Gasteiger partial charge in [-0.1, -0.05) is 0 Å². The largest absolute Gasteiger partial charge is 0.353 e. The average molecular weight is 208 g/mol. The van der Waals surface area contributed by atoms with Crippen LogP contribution in [-0.4, -0.2) is 24.0 Å². The van der Waals surface area contributed by atoms with Crippen LogP contribution >= 0.6 is 0 Å². The zero-order valence-electron chi connectivity index (χ0n) is 9.22. The summed E-state index contributed by atoms with van der Waals surface area (Å²) in [6.45, 7) is 1.08. The van der Waals surface area contributed by atoms with Gasteiger partial charge in [0.2, 0.25) is 5.91 Å². The molecule has 1 amide bonds. The average Bonchev–Trinajstić information content (AvgIpc) is 2.99. The maximum absolute atomic E-state index is 11.7. The molecule has 2 N–H and O–H groups in total. The predicted octanol–water partition coefficient (Wildman–Crippen LogP) is 1.19. The predicted molar refractivity (Wildman–Crippen MR) is 58.5 cm³/mol. The molecule has 3 aliphatic rings. The van der Waals surface area contributed by atoms with Crippen molar-refractivity contribution in [2.75, 3.05) is 6.54 Å². The van der Waals surface area contributed by atoms with Crippen LogP contribution in [0.2, 0.25) is 0 Å². The summed E-state index contributed by atoms with van der Waals surface area (Å²) in [5.74, 6) is 0.675. The fourth-order valence-corrected chi connectivity index (χ4v) is 2.93. The molecule has 2 saturated carbocycles. The highest BCUT2D eigenvalue weighted by Gasteiger charge is 2.42. The quantitative estimate of drug-likeness (QED) is 0.715. The summed E-state index contributed by atoms with van der Waals surface area (Å²) in [4.78, 5) is 11.7. The van der Waals surface area contributed by atoms with Crippen LogP contribution in [0.15, 0.2) is 0 Å². The van der Waals surface area contributed by atoms with Crippen molar-refractivity contribution in [1.82, 2.24) is 10.6 Å². The SMILES string of the molecule is O=C(NC1CCNC2(CCC2)C1)C1CC1. The molecule has 1 aliphatic heterocycles. The Morgan fingerprint density at radius 1 is 1.27 bits per heavy atom. The molecule has 0 radical (unpaired) electrons. The number of carbonyl (C=O) groups is 1. The summed E-state index contributed by atoms with van der Waals surface area (Å²) in [6, 6.07) is 0.444. The first-order valence-corrected chi connectivity index (χ1v) is 6.33. The molecule has 3 heteroatoms. The van der Waals surface area contributed by atoms with Crippen LogP contribution in [0.3, 0.4) is 0 Å². The lowest BCUT2D eigenvalue weighted by molar-refractivity contribution is -0.123. The molecule has 15 heavy (non-hydrogen) atoms. The van der Waals surface area contributed by atoms with Crippen molar-refractivity contribution in [2.45, 2.75) is 56.5 Å². The first kappa shape index (κ1) is 9.64. The van der Waals surface area contributed by atoms with Gasteiger partial charge in [-0.05, 0) is 51.5 Å². The van der Waals surface area contributed by atoms with Crippen LogP contribution in [0.25, 0.3) is 0 Å². The molecule has 0 aromatic carbocycles. The number of hydrogen-bond acceptors (Lipinski definition) is 2. The van der Waals surface area contributed by atoms with Gasteiger partial charge >= 0.3 is 0 Å². The van der Waals surface area contributed by atoms with Crippen molar-refractivity contribution in [3.63, 3.8) is 0 Å². The van der Waals surface area contributed by atoms with Crippen molar-refractivity contribution in [3.8, 4) is 0 Å². The highest BCUT2D eigenvalue weighted by molar-refractivity contribution is 5.81. The molecule has 1 unspecified atom stereocenters. The number of nitrogens with one attached hydrogen (secondary N) is 2. The van der Waals surface area contributed by atoms with E-state index in [2.05, 4.69) is 10.6 Å². The van der Waals surface area contributed by atoms with E-state index in [4.69, 9.17) is 0 Å². The minimum absolute atomic E-state index is 0.316. The van der Waals surface area contributed by atoms with Crippen LogP contribution in [0.4, 0.5) is 0 Å². The number of rotatable bonds is 2. The van der Waals surface area contributed by atoms with E-state index in [0.717, 1.165) is 32.2 Å². The van der Waals surface area contributed by atoms with E-state index in [9.17, 15) is 4.79 Å². The van der Waals surface area contributed by atoms with Crippen molar-refractivity contribution in [1.29, 1.82) is 0 Å². The molecule has 3 fully saturated rings. The van der Waals surface area contributed by atoms with E-state index >= 15 is 0 Å². The van der Waals surface area contributed by atoms with E-state index in [1.54, 1.807) is 0 Å². The van der Waals surface area contributed by atoms with E-state index in [0.29, 0.717) is 23.4 Å². The fourth-order valence-electron chi connectivity index (χ4n) is 2.93. The minimum Gasteiger partial charge on any atom is -0.353 e. The Morgan fingerprint density at radius 3 is 2.67 bits per heavy atom. The molecule has 1 spiro atoms. The fraction of sp³-hybridized carbons (Fsp3) is 0.917. The first-order chi connectivity index (χ1) is 7.27. The highest BCUT2D eigenvalue weighted by Crippen LogP contribution is 2.38. The monoisotopic (exact) mass is 208 g/mol. The molecule has 2 aliphatic carbocycles. The van der Waals surface area contributed by atoms with Gasteiger partial charge in [0.15, 0.2) is 0 Å². The van der Waals surface area contributed by atoms with Gasteiger partial charge in [-0.15, -0.1) is 0 Å². The summed E-state index contributed by atoms with van der Waals surface area (Å²) in [5.41, 5.74) is 0.403. The molecular weight excluding hydrogens is 188 g/mol. The van der Waals surface area contributed by atoms with Crippen molar-refractivity contribution >= 4 is 5.91 Å². The number of hydrogen-bond donors (Lipinski definition) is 2. The lowest BCUT2D eigenvalue weighted by atomic mass is 9.70. The second-order valence-electron chi connectivity index (χ2n) is 5.53. The van der Waals surface area contributed by atoms with Gasteiger partial charge in [0.1, 0.15) is 0 Å². The second kappa shape index (κ2) is 3.48. The summed E-state index contributed by atoms with van der Waals surface area (Å²) in [6.07, 6.45) is 8.47. The molecule has 0 bridgehead atoms. The minimum atomic E-state index is 0.316. The Morgan fingerprint density at radius 2 is 2.07 bits per heavy atom. The van der Waals surface area contributed by atoms with E-state index < -0.39 is 0 Å². The molecule has 0 aromatic rings. The molecule has 0 aromatic heterocycles. The molecular formula is C12H20N2O. The maximum atomic E-state index is 11.7. The zero-order valence-corrected chi connectivity index (χ0v) is 9.22. The third-order valence-electron chi connectivity index (χ3n) is 4.24. The van der Waals surface area contributed by atoms with E-state index in [1.165, 1.54) is 19.3 Å². The highest BCUT2D eigenvalue weighted by atomic mass is 16.2. The van der Waals surface area contributed by atoms with Gasteiger partial charge in [0.05, 0.1) is 0 Å². The van der Waals surface area contributed by atoms with Crippen LogP contribution in [0.5, 0.6) is 0 Å². The molecule has 1 atom stereocenters. The Bertz CT molecular complexity index is 269.